The first kappa shape index (κ1) is 16.9. The Balaban J connectivity index is 2.27. The molecule has 2 rings (SSSR count). The van der Waals surface area contributed by atoms with E-state index < -0.39 is 0 Å². The van der Waals surface area contributed by atoms with Gasteiger partial charge in [0.2, 0.25) is 0 Å². The molecule has 23 heavy (non-hydrogen) atoms. The Morgan fingerprint density at radius 2 is 1.57 bits per heavy atom. The van der Waals surface area contributed by atoms with Crippen LogP contribution >= 0.6 is 0 Å². The number of ether oxygens (including phenoxy) is 1. The van der Waals surface area contributed by atoms with Crippen LogP contribution in [0.1, 0.15) is 24.5 Å². The van der Waals surface area contributed by atoms with Gasteiger partial charge in [0.1, 0.15) is 5.75 Å². The van der Waals surface area contributed by atoms with Gasteiger partial charge in [0.25, 0.3) is 0 Å². The van der Waals surface area contributed by atoms with Crippen molar-refractivity contribution in [1.29, 1.82) is 0 Å². The number of hydrogen-bond donors (Lipinski definition) is 0. The molecule has 0 spiro atoms. The molecule has 0 aromatic heterocycles. The minimum Gasteiger partial charge on any atom is -0.494 e. The van der Waals surface area contributed by atoms with Crippen molar-refractivity contribution in [1.82, 2.24) is 0 Å². The van der Waals surface area contributed by atoms with Crippen molar-refractivity contribution in [3.05, 3.63) is 78.4 Å². The number of nitrogens with zero attached hydrogens (tertiary/aromatic N) is 1. The first-order chi connectivity index (χ1) is 11.2. The van der Waals surface area contributed by atoms with E-state index in [1.807, 2.05) is 38.4 Å². The van der Waals surface area contributed by atoms with E-state index in [1.54, 1.807) is 0 Å². The summed E-state index contributed by atoms with van der Waals surface area (Å²) in [5.41, 5.74) is 4.69. The van der Waals surface area contributed by atoms with Gasteiger partial charge in [-0.05, 0) is 47.4 Å². The number of anilines is 1. The van der Waals surface area contributed by atoms with Gasteiger partial charge in [-0.15, -0.1) is 0 Å². The lowest BCUT2D eigenvalue weighted by atomic mass is 9.97. The van der Waals surface area contributed by atoms with Crippen LogP contribution < -0.4 is 9.64 Å². The van der Waals surface area contributed by atoms with Crippen LogP contribution in [0.2, 0.25) is 0 Å². The van der Waals surface area contributed by atoms with Gasteiger partial charge in [-0.1, -0.05) is 49.9 Å². The highest BCUT2D eigenvalue weighted by Crippen LogP contribution is 2.27. The second kappa shape index (κ2) is 8.23. The van der Waals surface area contributed by atoms with E-state index in [-0.39, 0.29) is 0 Å². The second-order valence-corrected chi connectivity index (χ2v) is 5.63. The molecule has 0 bridgehead atoms. The predicted molar refractivity (Wildman–Crippen MR) is 100 cm³/mol. The third-order valence-corrected chi connectivity index (χ3v) is 3.62. The largest absolute Gasteiger partial charge is 0.494 e. The third kappa shape index (κ3) is 4.49. The van der Waals surface area contributed by atoms with Crippen LogP contribution in [0.3, 0.4) is 0 Å². The average Bonchev–Trinajstić information content (AvgIpc) is 2.58. The Labute approximate surface area is 139 Å². The molecule has 2 aromatic rings. The van der Waals surface area contributed by atoms with E-state index in [2.05, 4.69) is 54.8 Å². The Morgan fingerprint density at radius 1 is 1.00 bits per heavy atom. The summed E-state index contributed by atoms with van der Waals surface area (Å²) in [5, 5.41) is 0. The monoisotopic (exact) mass is 307 g/mol. The van der Waals surface area contributed by atoms with Gasteiger partial charge >= 0.3 is 0 Å². The molecule has 0 aliphatic carbocycles. The molecule has 0 atom stereocenters. The summed E-state index contributed by atoms with van der Waals surface area (Å²) in [5.74, 6) is 0.913. The lowest BCUT2D eigenvalue weighted by Gasteiger charge is -2.14. The van der Waals surface area contributed by atoms with Gasteiger partial charge in [0.05, 0.1) is 6.61 Å². The van der Waals surface area contributed by atoms with Gasteiger partial charge in [-0.2, -0.15) is 0 Å². The first-order valence-corrected chi connectivity index (χ1v) is 7.99. The molecular weight excluding hydrogens is 282 g/mol. The van der Waals surface area contributed by atoms with Crippen molar-refractivity contribution in [2.75, 3.05) is 25.6 Å². The zero-order valence-corrected chi connectivity index (χ0v) is 14.3. The van der Waals surface area contributed by atoms with E-state index in [9.17, 15) is 0 Å². The third-order valence-electron chi connectivity index (χ3n) is 3.62. The molecule has 0 unspecified atom stereocenters. The summed E-state index contributed by atoms with van der Waals surface area (Å²) >= 11 is 0. The summed E-state index contributed by atoms with van der Waals surface area (Å²) in [4.78, 5) is 2.10. The fourth-order valence-corrected chi connectivity index (χ4v) is 2.37. The van der Waals surface area contributed by atoms with Crippen LogP contribution in [0.4, 0.5) is 5.69 Å². The predicted octanol–water partition coefficient (Wildman–Crippen LogP) is 5.16. The molecule has 2 heteroatoms. The van der Waals surface area contributed by atoms with Crippen molar-refractivity contribution in [2.24, 2.45) is 0 Å². The van der Waals surface area contributed by atoms with Crippen molar-refractivity contribution in [3.63, 3.8) is 0 Å². The molecule has 0 aliphatic rings. The SMILES string of the molecule is C=CC=C(c1ccc(OCCC)cc1)c1ccc(N(C)C)cc1. The van der Waals surface area contributed by atoms with Crippen LogP contribution in [0.15, 0.2) is 67.3 Å². The Morgan fingerprint density at radius 3 is 2.04 bits per heavy atom. The summed E-state index contributed by atoms with van der Waals surface area (Å²) in [7, 11) is 4.09. The topological polar surface area (TPSA) is 12.5 Å². The fourth-order valence-electron chi connectivity index (χ4n) is 2.37. The van der Waals surface area contributed by atoms with E-state index in [0.717, 1.165) is 29.9 Å². The number of hydrogen-bond acceptors (Lipinski definition) is 2. The van der Waals surface area contributed by atoms with Crippen molar-refractivity contribution in [3.8, 4) is 5.75 Å². The summed E-state index contributed by atoms with van der Waals surface area (Å²) in [6.07, 6.45) is 4.89. The molecular formula is C21H25NO. The average molecular weight is 307 g/mol. The molecule has 0 fully saturated rings. The maximum absolute atomic E-state index is 5.65. The Kier molecular flexibility index (Phi) is 6.04. The summed E-state index contributed by atoms with van der Waals surface area (Å²) < 4.78 is 5.65. The second-order valence-electron chi connectivity index (χ2n) is 5.63. The van der Waals surface area contributed by atoms with Crippen LogP contribution in [-0.2, 0) is 0 Å². The van der Waals surface area contributed by atoms with Crippen LogP contribution in [-0.4, -0.2) is 20.7 Å². The van der Waals surface area contributed by atoms with Gasteiger partial charge in [-0.3, -0.25) is 0 Å². The Hall–Kier alpha value is -2.48. The standard InChI is InChI=1S/C21H25NO/c1-5-7-21(17-8-12-19(13-9-17)22(3)4)18-10-14-20(15-11-18)23-16-6-2/h5,7-15H,1,6,16H2,2-4H3. The van der Waals surface area contributed by atoms with Crippen molar-refractivity contribution in [2.45, 2.75) is 13.3 Å². The molecule has 0 aliphatic heterocycles. The number of allylic oxidation sites excluding steroid dienone is 2. The first-order valence-electron chi connectivity index (χ1n) is 7.99. The lowest BCUT2D eigenvalue weighted by molar-refractivity contribution is 0.317. The molecule has 2 nitrogen and oxygen atoms in total. The summed E-state index contributed by atoms with van der Waals surface area (Å²) in [6.45, 7) is 6.70. The van der Waals surface area contributed by atoms with E-state index in [4.69, 9.17) is 4.74 Å². The quantitative estimate of drug-likeness (QED) is 0.655. The molecule has 0 amide bonds. The maximum Gasteiger partial charge on any atom is 0.119 e. The van der Waals surface area contributed by atoms with E-state index >= 15 is 0 Å². The minimum atomic E-state index is 0.751. The fraction of sp³-hybridized carbons (Fsp3) is 0.238. The highest BCUT2D eigenvalue weighted by Gasteiger charge is 2.06. The van der Waals surface area contributed by atoms with E-state index in [0.29, 0.717) is 0 Å². The molecule has 0 heterocycles. The van der Waals surface area contributed by atoms with Gasteiger partial charge in [-0.25, -0.2) is 0 Å². The minimum absolute atomic E-state index is 0.751. The number of benzene rings is 2. The molecule has 0 saturated heterocycles. The molecule has 0 saturated carbocycles. The van der Waals surface area contributed by atoms with Crippen molar-refractivity contribution >= 4 is 11.3 Å². The maximum atomic E-state index is 5.65. The van der Waals surface area contributed by atoms with Crippen LogP contribution in [0.25, 0.3) is 5.57 Å². The lowest BCUT2D eigenvalue weighted by Crippen LogP contribution is -2.08. The zero-order valence-electron chi connectivity index (χ0n) is 14.3. The van der Waals surface area contributed by atoms with Crippen molar-refractivity contribution < 1.29 is 4.74 Å². The molecule has 120 valence electrons. The normalized spacial score (nSPS) is 11.2. The molecule has 0 radical (unpaired) electrons. The highest BCUT2D eigenvalue weighted by atomic mass is 16.5. The van der Waals surface area contributed by atoms with Crippen LogP contribution in [0, 0.1) is 0 Å². The van der Waals surface area contributed by atoms with Gasteiger partial charge in [0.15, 0.2) is 0 Å². The molecule has 2 aromatic carbocycles. The Bertz CT molecular complexity index is 651. The smallest absolute Gasteiger partial charge is 0.119 e. The van der Waals surface area contributed by atoms with Gasteiger partial charge < -0.3 is 9.64 Å². The van der Waals surface area contributed by atoms with Crippen LogP contribution in [0.5, 0.6) is 5.75 Å². The van der Waals surface area contributed by atoms with Gasteiger partial charge in [0, 0.05) is 19.8 Å². The van der Waals surface area contributed by atoms with E-state index in [1.165, 1.54) is 11.3 Å². The molecule has 0 N–H and O–H groups in total. The highest BCUT2D eigenvalue weighted by molar-refractivity contribution is 5.81. The summed E-state index contributed by atoms with van der Waals surface area (Å²) in [6, 6.07) is 16.8. The number of rotatable bonds is 7. The zero-order chi connectivity index (χ0) is 16.7.